The minimum absolute atomic E-state index is 0.122. The summed E-state index contributed by atoms with van der Waals surface area (Å²) in [5.41, 5.74) is -0.122. The van der Waals surface area contributed by atoms with Gasteiger partial charge in [0.15, 0.2) is 0 Å². The maximum Gasteiger partial charge on any atom is 0.230 e. The van der Waals surface area contributed by atoms with Crippen LogP contribution in [0, 0.1) is 5.41 Å². The predicted octanol–water partition coefficient (Wildman–Crippen LogP) is 1.32. The molecule has 2 aliphatic heterocycles. The molecule has 19 heavy (non-hydrogen) atoms. The number of rotatable bonds is 3. The van der Waals surface area contributed by atoms with Crippen LogP contribution in [0.25, 0.3) is 0 Å². The summed E-state index contributed by atoms with van der Waals surface area (Å²) < 4.78 is 0. The lowest BCUT2D eigenvalue weighted by atomic mass is 9.75. The molecule has 4 nitrogen and oxygen atoms in total. The van der Waals surface area contributed by atoms with Crippen LogP contribution in [-0.2, 0) is 4.79 Å². The number of carbonyl (C=O) groups excluding carboxylic acids is 1. The summed E-state index contributed by atoms with van der Waals surface area (Å²) in [5.74, 6) is 0.404. The van der Waals surface area contributed by atoms with Gasteiger partial charge in [-0.3, -0.25) is 4.79 Å². The standard InChI is InChI=1S/C15H29N3O/c1-4-6-15(7-5-8-16-12-15)14(19)18-10-9-17(3)13(2)11-18/h13,16H,4-12H2,1-3H3. The summed E-state index contributed by atoms with van der Waals surface area (Å²) in [7, 11) is 2.15. The number of nitrogens with one attached hydrogen (secondary N) is 1. The van der Waals surface area contributed by atoms with Gasteiger partial charge in [0.25, 0.3) is 0 Å². The number of nitrogens with zero attached hydrogens (tertiary/aromatic N) is 2. The molecule has 2 aliphatic rings. The molecule has 0 aromatic carbocycles. The largest absolute Gasteiger partial charge is 0.339 e. The molecule has 2 heterocycles. The van der Waals surface area contributed by atoms with Crippen molar-refractivity contribution < 1.29 is 4.79 Å². The van der Waals surface area contributed by atoms with Gasteiger partial charge in [0.1, 0.15) is 0 Å². The predicted molar refractivity (Wildman–Crippen MR) is 78.1 cm³/mol. The van der Waals surface area contributed by atoms with Gasteiger partial charge < -0.3 is 15.1 Å². The third-order valence-electron chi connectivity index (χ3n) is 4.90. The van der Waals surface area contributed by atoms with Gasteiger partial charge in [0.05, 0.1) is 5.41 Å². The normalized spacial score (nSPS) is 33.4. The van der Waals surface area contributed by atoms with Crippen molar-refractivity contribution in [2.75, 3.05) is 39.8 Å². The molecule has 0 spiro atoms. The van der Waals surface area contributed by atoms with Gasteiger partial charge in [-0.1, -0.05) is 13.3 Å². The van der Waals surface area contributed by atoms with Crippen molar-refractivity contribution >= 4 is 5.91 Å². The minimum Gasteiger partial charge on any atom is -0.339 e. The van der Waals surface area contributed by atoms with Gasteiger partial charge >= 0.3 is 0 Å². The van der Waals surface area contributed by atoms with Crippen LogP contribution >= 0.6 is 0 Å². The van der Waals surface area contributed by atoms with E-state index in [0.29, 0.717) is 11.9 Å². The van der Waals surface area contributed by atoms with Crippen LogP contribution in [0.15, 0.2) is 0 Å². The van der Waals surface area contributed by atoms with Gasteiger partial charge in [0.2, 0.25) is 5.91 Å². The number of carbonyl (C=O) groups is 1. The Morgan fingerprint density at radius 1 is 1.42 bits per heavy atom. The first kappa shape index (κ1) is 14.8. The third kappa shape index (κ3) is 3.11. The van der Waals surface area contributed by atoms with Crippen LogP contribution in [0.5, 0.6) is 0 Å². The first-order chi connectivity index (χ1) is 9.09. The number of hydrogen-bond donors (Lipinski definition) is 1. The molecule has 0 bridgehead atoms. The van der Waals surface area contributed by atoms with E-state index < -0.39 is 0 Å². The van der Waals surface area contributed by atoms with Crippen LogP contribution in [0.1, 0.15) is 39.5 Å². The highest BCUT2D eigenvalue weighted by molar-refractivity contribution is 5.83. The Morgan fingerprint density at radius 2 is 2.21 bits per heavy atom. The SMILES string of the molecule is CCCC1(C(=O)N2CCN(C)C(C)C2)CCCNC1. The van der Waals surface area contributed by atoms with Crippen molar-refractivity contribution in [1.82, 2.24) is 15.1 Å². The van der Waals surface area contributed by atoms with Gasteiger partial charge in [-0.05, 0) is 39.8 Å². The number of hydrogen-bond acceptors (Lipinski definition) is 3. The maximum atomic E-state index is 13.0. The maximum absolute atomic E-state index is 13.0. The Balaban J connectivity index is 2.06. The average molecular weight is 267 g/mol. The fourth-order valence-corrected chi connectivity index (χ4v) is 3.52. The molecule has 4 heteroatoms. The van der Waals surface area contributed by atoms with Crippen molar-refractivity contribution in [3.63, 3.8) is 0 Å². The smallest absolute Gasteiger partial charge is 0.230 e. The second-order valence-corrected chi connectivity index (χ2v) is 6.39. The molecule has 2 saturated heterocycles. The molecule has 2 fully saturated rings. The van der Waals surface area contributed by atoms with Gasteiger partial charge in [-0.2, -0.15) is 0 Å². The molecule has 2 unspecified atom stereocenters. The van der Waals surface area contributed by atoms with E-state index in [1.807, 2.05) is 0 Å². The van der Waals surface area contributed by atoms with E-state index in [-0.39, 0.29) is 5.41 Å². The Hall–Kier alpha value is -0.610. The van der Waals surface area contributed by atoms with E-state index in [9.17, 15) is 4.79 Å². The summed E-state index contributed by atoms with van der Waals surface area (Å²) >= 11 is 0. The molecule has 0 aromatic heterocycles. The van der Waals surface area contributed by atoms with Gasteiger partial charge in [-0.25, -0.2) is 0 Å². The molecular formula is C15H29N3O. The zero-order valence-corrected chi connectivity index (χ0v) is 12.7. The highest BCUT2D eigenvalue weighted by Crippen LogP contribution is 2.34. The third-order valence-corrected chi connectivity index (χ3v) is 4.90. The molecular weight excluding hydrogens is 238 g/mol. The highest BCUT2D eigenvalue weighted by atomic mass is 16.2. The van der Waals surface area contributed by atoms with E-state index in [1.54, 1.807) is 0 Å². The lowest BCUT2D eigenvalue weighted by Gasteiger charge is -2.44. The van der Waals surface area contributed by atoms with Crippen LogP contribution in [-0.4, -0.2) is 61.5 Å². The molecule has 0 aliphatic carbocycles. The zero-order chi connectivity index (χ0) is 13.9. The van der Waals surface area contributed by atoms with Crippen LogP contribution < -0.4 is 5.32 Å². The second kappa shape index (κ2) is 6.23. The molecule has 110 valence electrons. The summed E-state index contributed by atoms with van der Waals surface area (Å²) in [6.45, 7) is 9.13. The second-order valence-electron chi connectivity index (χ2n) is 6.39. The molecule has 1 N–H and O–H groups in total. The number of piperidine rings is 1. The summed E-state index contributed by atoms with van der Waals surface area (Å²) in [6, 6.07) is 0.480. The molecule has 0 radical (unpaired) electrons. The van der Waals surface area contributed by atoms with Crippen LogP contribution in [0.4, 0.5) is 0 Å². The van der Waals surface area contributed by atoms with Crippen molar-refractivity contribution in [3.8, 4) is 0 Å². The van der Waals surface area contributed by atoms with E-state index in [4.69, 9.17) is 0 Å². The Morgan fingerprint density at radius 3 is 2.79 bits per heavy atom. The van der Waals surface area contributed by atoms with Crippen molar-refractivity contribution in [3.05, 3.63) is 0 Å². The van der Waals surface area contributed by atoms with Crippen molar-refractivity contribution in [2.24, 2.45) is 5.41 Å². The lowest BCUT2D eigenvalue weighted by molar-refractivity contribution is -0.146. The number of piperazine rings is 1. The minimum atomic E-state index is -0.122. The van der Waals surface area contributed by atoms with Crippen molar-refractivity contribution in [1.29, 1.82) is 0 Å². The Kier molecular flexibility index (Phi) is 4.85. The van der Waals surface area contributed by atoms with Crippen LogP contribution in [0.2, 0.25) is 0 Å². The number of likely N-dealkylation sites (N-methyl/N-ethyl adjacent to an activating group) is 1. The molecule has 0 saturated carbocycles. The fourth-order valence-electron chi connectivity index (χ4n) is 3.52. The summed E-state index contributed by atoms with van der Waals surface area (Å²) in [6.07, 6.45) is 4.32. The first-order valence-corrected chi connectivity index (χ1v) is 7.79. The quantitative estimate of drug-likeness (QED) is 0.838. The van der Waals surface area contributed by atoms with E-state index in [2.05, 4.69) is 36.0 Å². The first-order valence-electron chi connectivity index (χ1n) is 7.79. The average Bonchev–Trinajstić information content (AvgIpc) is 2.42. The van der Waals surface area contributed by atoms with Crippen molar-refractivity contribution in [2.45, 2.75) is 45.6 Å². The van der Waals surface area contributed by atoms with Crippen LogP contribution in [0.3, 0.4) is 0 Å². The molecule has 1 amide bonds. The van der Waals surface area contributed by atoms with Gasteiger partial charge in [-0.15, -0.1) is 0 Å². The summed E-state index contributed by atoms with van der Waals surface area (Å²) in [5, 5.41) is 3.44. The summed E-state index contributed by atoms with van der Waals surface area (Å²) in [4.78, 5) is 17.4. The molecule has 2 rings (SSSR count). The van der Waals surface area contributed by atoms with E-state index in [0.717, 1.165) is 58.4 Å². The zero-order valence-electron chi connectivity index (χ0n) is 12.7. The lowest BCUT2D eigenvalue weighted by Crippen LogP contribution is -2.58. The Bertz CT molecular complexity index is 307. The number of amides is 1. The monoisotopic (exact) mass is 267 g/mol. The molecule has 0 aromatic rings. The topological polar surface area (TPSA) is 35.6 Å². The van der Waals surface area contributed by atoms with E-state index in [1.165, 1.54) is 0 Å². The van der Waals surface area contributed by atoms with Gasteiger partial charge in [0, 0.05) is 32.2 Å². The highest BCUT2D eigenvalue weighted by Gasteiger charge is 2.42. The molecule has 2 atom stereocenters. The Labute approximate surface area is 117 Å². The fraction of sp³-hybridized carbons (Fsp3) is 0.933. The van der Waals surface area contributed by atoms with E-state index >= 15 is 0 Å².